The van der Waals surface area contributed by atoms with E-state index in [-0.39, 0.29) is 24.3 Å². The molecule has 92 valence electrons. The van der Waals surface area contributed by atoms with Crippen molar-refractivity contribution in [3.63, 3.8) is 0 Å². The van der Waals surface area contributed by atoms with Crippen LogP contribution in [0.3, 0.4) is 0 Å². The molecule has 0 saturated heterocycles. The Labute approximate surface area is 96.2 Å². The smallest absolute Gasteiger partial charge is 0.323 e. The van der Waals surface area contributed by atoms with E-state index in [4.69, 9.17) is 0 Å². The van der Waals surface area contributed by atoms with Crippen molar-refractivity contribution in [2.45, 2.75) is 19.9 Å². The highest BCUT2D eigenvalue weighted by Crippen LogP contribution is 2.02. The first-order valence-electron chi connectivity index (χ1n) is 5.21. The Bertz CT molecular complexity index is 252. The van der Waals surface area contributed by atoms with E-state index in [0.717, 1.165) is 0 Å². The average molecular weight is 228 g/mol. The second-order valence-corrected chi connectivity index (χ2v) is 3.72. The second-order valence-electron chi connectivity index (χ2n) is 3.72. The molecule has 1 amide bonds. The van der Waals surface area contributed by atoms with Crippen molar-refractivity contribution in [3.05, 3.63) is 12.7 Å². The molecule has 0 rings (SSSR count). The molecule has 0 aliphatic carbocycles. The first-order chi connectivity index (χ1) is 7.52. The summed E-state index contributed by atoms with van der Waals surface area (Å²) in [6.07, 6.45) is 1.60. The van der Waals surface area contributed by atoms with Crippen LogP contribution in [0.25, 0.3) is 0 Å². The molecule has 0 aromatic rings. The largest absolute Gasteiger partial charge is 0.468 e. The lowest BCUT2D eigenvalue weighted by atomic mass is 10.0. The van der Waals surface area contributed by atoms with Gasteiger partial charge in [0.25, 0.3) is 0 Å². The number of amides is 1. The molecule has 0 spiro atoms. The highest BCUT2D eigenvalue weighted by molar-refractivity contribution is 5.80. The number of methoxy groups -OCH3 is 1. The number of nitrogens with one attached hydrogen (secondary N) is 2. The van der Waals surface area contributed by atoms with Crippen LogP contribution < -0.4 is 10.6 Å². The third-order valence-electron chi connectivity index (χ3n) is 2.05. The predicted molar refractivity (Wildman–Crippen MR) is 61.9 cm³/mol. The summed E-state index contributed by atoms with van der Waals surface area (Å²) in [6.45, 7) is 7.77. The van der Waals surface area contributed by atoms with Crippen molar-refractivity contribution >= 4 is 11.9 Å². The summed E-state index contributed by atoms with van der Waals surface area (Å²) in [5.41, 5.74) is 0. The number of carbonyl (C=O) groups is 2. The maximum absolute atomic E-state index is 11.3. The number of ether oxygens (including phenoxy) is 1. The van der Waals surface area contributed by atoms with Gasteiger partial charge >= 0.3 is 5.97 Å². The number of rotatable bonds is 7. The molecular weight excluding hydrogens is 208 g/mol. The molecule has 0 heterocycles. The third-order valence-corrected chi connectivity index (χ3v) is 2.05. The van der Waals surface area contributed by atoms with E-state index in [1.54, 1.807) is 6.08 Å². The first kappa shape index (κ1) is 14.6. The van der Waals surface area contributed by atoms with Crippen LogP contribution in [0.2, 0.25) is 0 Å². The summed E-state index contributed by atoms with van der Waals surface area (Å²) in [5.74, 6) is -0.458. The monoisotopic (exact) mass is 228 g/mol. The number of hydrogen-bond acceptors (Lipinski definition) is 4. The van der Waals surface area contributed by atoms with Crippen molar-refractivity contribution in [2.75, 3.05) is 20.2 Å². The van der Waals surface area contributed by atoms with E-state index in [1.165, 1.54) is 7.11 Å². The van der Waals surface area contributed by atoms with Crippen LogP contribution in [-0.2, 0) is 14.3 Å². The fourth-order valence-electron chi connectivity index (χ4n) is 1.17. The van der Waals surface area contributed by atoms with E-state index in [0.29, 0.717) is 6.54 Å². The Morgan fingerprint density at radius 1 is 1.44 bits per heavy atom. The van der Waals surface area contributed by atoms with Crippen LogP contribution in [0.4, 0.5) is 0 Å². The van der Waals surface area contributed by atoms with E-state index >= 15 is 0 Å². The Morgan fingerprint density at radius 3 is 2.50 bits per heavy atom. The maximum Gasteiger partial charge on any atom is 0.323 e. The molecule has 5 heteroatoms. The SMILES string of the molecule is C=CCNC(=O)CNC(C(=O)OC)C(C)C. The summed E-state index contributed by atoms with van der Waals surface area (Å²) >= 11 is 0. The number of carbonyl (C=O) groups excluding carboxylic acids is 2. The molecule has 1 unspecified atom stereocenters. The third kappa shape index (κ3) is 5.50. The lowest BCUT2D eigenvalue weighted by Crippen LogP contribution is -2.46. The molecule has 0 radical (unpaired) electrons. The van der Waals surface area contributed by atoms with Gasteiger partial charge in [-0.2, -0.15) is 0 Å². The summed E-state index contributed by atoms with van der Waals surface area (Å²) in [6, 6.07) is -0.459. The minimum atomic E-state index is -0.459. The number of esters is 1. The van der Waals surface area contributed by atoms with Gasteiger partial charge in [-0.1, -0.05) is 19.9 Å². The molecule has 0 aromatic carbocycles. The molecule has 0 aromatic heterocycles. The molecule has 0 aliphatic rings. The predicted octanol–water partition coefficient (Wildman–Crippen LogP) is 0.0758. The Kier molecular flexibility index (Phi) is 7.20. The highest BCUT2D eigenvalue weighted by atomic mass is 16.5. The zero-order valence-electron chi connectivity index (χ0n) is 10.1. The van der Waals surface area contributed by atoms with E-state index < -0.39 is 6.04 Å². The minimum Gasteiger partial charge on any atom is -0.468 e. The zero-order valence-corrected chi connectivity index (χ0v) is 10.1. The minimum absolute atomic E-state index is 0.0691. The van der Waals surface area contributed by atoms with Gasteiger partial charge in [-0.05, 0) is 5.92 Å². The normalized spacial score (nSPS) is 12.0. The molecule has 0 saturated carbocycles. The van der Waals surface area contributed by atoms with Gasteiger partial charge < -0.3 is 10.1 Å². The summed E-state index contributed by atoms with van der Waals surface area (Å²) < 4.78 is 4.64. The fourth-order valence-corrected chi connectivity index (χ4v) is 1.17. The highest BCUT2D eigenvalue weighted by Gasteiger charge is 2.22. The van der Waals surface area contributed by atoms with Gasteiger partial charge in [-0.15, -0.1) is 6.58 Å². The van der Waals surface area contributed by atoms with Gasteiger partial charge in [0.1, 0.15) is 6.04 Å². The van der Waals surface area contributed by atoms with Crippen LogP contribution in [0.1, 0.15) is 13.8 Å². The van der Waals surface area contributed by atoms with E-state index in [1.807, 2.05) is 13.8 Å². The quantitative estimate of drug-likeness (QED) is 0.478. The molecule has 1 atom stereocenters. The Hall–Kier alpha value is -1.36. The van der Waals surface area contributed by atoms with Crippen molar-refractivity contribution < 1.29 is 14.3 Å². The lowest BCUT2D eigenvalue weighted by Gasteiger charge is -2.19. The molecule has 0 bridgehead atoms. The van der Waals surface area contributed by atoms with Crippen molar-refractivity contribution in [1.29, 1.82) is 0 Å². The van der Waals surface area contributed by atoms with Crippen LogP contribution in [0.15, 0.2) is 12.7 Å². The summed E-state index contributed by atoms with van der Waals surface area (Å²) in [7, 11) is 1.33. The molecule has 0 fully saturated rings. The molecule has 5 nitrogen and oxygen atoms in total. The average Bonchev–Trinajstić information content (AvgIpc) is 2.25. The molecule has 16 heavy (non-hydrogen) atoms. The Balaban J connectivity index is 4.07. The van der Waals surface area contributed by atoms with Gasteiger partial charge in [0.05, 0.1) is 13.7 Å². The lowest BCUT2D eigenvalue weighted by molar-refractivity contribution is -0.144. The van der Waals surface area contributed by atoms with E-state index in [9.17, 15) is 9.59 Å². The van der Waals surface area contributed by atoms with Crippen molar-refractivity contribution in [1.82, 2.24) is 10.6 Å². The number of hydrogen-bond donors (Lipinski definition) is 2. The fraction of sp³-hybridized carbons (Fsp3) is 0.636. The second kappa shape index (κ2) is 7.87. The molecular formula is C11H20N2O3. The van der Waals surface area contributed by atoms with Crippen LogP contribution in [-0.4, -0.2) is 38.1 Å². The van der Waals surface area contributed by atoms with Gasteiger partial charge in [-0.25, -0.2) is 0 Å². The molecule has 0 aliphatic heterocycles. The summed E-state index contributed by atoms with van der Waals surface area (Å²) in [5, 5.41) is 5.47. The van der Waals surface area contributed by atoms with Gasteiger partial charge in [0.15, 0.2) is 0 Å². The van der Waals surface area contributed by atoms with Crippen molar-refractivity contribution in [3.8, 4) is 0 Å². The van der Waals surface area contributed by atoms with Gasteiger partial charge in [0.2, 0.25) is 5.91 Å². The topological polar surface area (TPSA) is 67.4 Å². The van der Waals surface area contributed by atoms with E-state index in [2.05, 4.69) is 21.9 Å². The Morgan fingerprint density at radius 2 is 2.06 bits per heavy atom. The van der Waals surface area contributed by atoms with Gasteiger partial charge in [-0.3, -0.25) is 14.9 Å². The van der Waals surface area contributed by atoms with Crippen molar-refractivity contribution in [2.24, 2.45) is 5.92 Å². The standard InChI is InChI=1S/C11H20N2O3/c1-5-6-12-9(14)7-13-10(8(2)3)11(15)16-4/h5,8,10,13H,1,6-7H2,2-4H3,(H,12,14). The first-order valence-corrected chi connectivity index (χ1v) is 5.21. The van der Waals surface area contributed by atoms with Crippen LogP contribution >= 0.6 is 0 Å². The van der Waals surface area contributed by atoms with Crippen LogP contribution in [0, 0.1) is 5.92 Å². The maximum atomic E-state index is 11.3. The van der Waals surface area contributed by atoms with Gasteiger partial charge in [0, 0.05) is 6.54 Å². The summed E-state index contributed by atoms with van der Waals surface area (Å²) in [4.78, 5) is 22.6. The zero-order chi connectivity index (χ0) is 12.6. The van der Waals surface area contributed by atoms with Crippen LogP contribution in [0.5, 0.6) is 0 Å². The molecule has 2 N–H and O–H groups in total.